The molecule has 0 aromatic carbocycles. The van der Waals surface area contributed by atoms with E-state index in [-0.39, 0.29) is 42.7 Å². The van der Waals surface area contributed by atoms with E-state index in [9.17, 15) is 19.5 Å². The van der Waals surface area contributed by atoms with E-state index in [0.29, 0.717) is 19.3 Å². The topological polar surface area (TPSA) is 99.1 Å². The van der Waals surface area contributed by atoms with Crippen LogP contribution in [0.1, 0.15) is 187 Å². The number of likely N-dealkylation sites (N-methyl/N-ethyl adjacent to an activating group) is 1. The number of rotatable bonds is 42. The van der Waals surface area contributed by atoms with Crippen molar-refractivity contribution in [3.8, 4) is 0 Å². The highest BCUT2D eigenvalue weighted by atomic mass is 16.6. The number of ether oxygens (including phenoxy) is 3. The van der Waals surface area contributed by atoms with Gasteiger partial charge in [0, 0.05) is 19.3 Å². The number of hydrogen-bond donors (Lipinski definition) is 1. The highest BCUT2D eigenvalue weighted by Crippen LogP contribution is 2.14. The minimum Gasteiger partial charge on any atom is -0.477 e. The van der Waals surface area contributed by atoms with Gasteiger partial charge < -0.3 is 23.8 Å². The van der Waals surface area contributed by atoms with Gasteiger partial charge in [0.05, 0.1) is 34.4 Å². The molecule has 0 aliphatic heterocycles. The van der Waals surface area contributed by atoms with Gasteiger partial charge >= 0.3 is 17.9 Å². The van der Waals surface area contributed by atoms with Crippen molar-refractivity contribution in [2.75, 3.05) is 41.0 Å². The number of aliphatic carboxylic acids is 1. The lowest BCUT2D eigenvalue weighted by atomic mass is 10.0. The molecule has 0 heterocycles. The lowest BCUT2D eigenvalue weighted by molar-refractivity contribution is -0.887. The minimum atomic E-state index is -0.884. The van der Waals surface area contributed by atoms with Gasteiger partial charge in [-0.1, -0.05) is 170 Å². The molecule has 0 saturated heterocycles. The smallest absolute Gasteiger partial charge is 0.362 e. The molecule has 1 N–H and O–H groups in total. The van der Waals surface area contributed by atoms with Crippen molar-refractivity contribution in [3.05, 3.63) is 72.9 Å². The van der Waals surface area contributed by atoms with Gasteiger partial charge in [0.2, 0.25) is 0 Å². The van der Waals surface area contributed by atoms with Crippen molar-refractivity contribution in [2.45, 2.75) is 199 Å². The van der Waals surface area contributed by atoms with Crippen LogP contribution in [0.4, 0.5) is 0 Å². The molecular formula is C52H90NO7+. The van der Waals surface area contributed by atoms with Gasteiger partial charge in [0.15, 0.2) is 12.1 Å². The fourth-order valence-electron chi connectivity index (χ4n) is 6.66. The molecule has 0 amide bonds. The monoisotopic (exact) mass is 841 g/mol. The Morgan fingerprint density at radius 1 is 0.517 bits per heavy atom. The SMILES string of the molecule is CC/C=C/C/C=C/C/C=C/C/C=C/CCCCCCCCCCCCC(=O)OC(COCCC(C(=O)O)[N+](C)(C)C)COC(=O)CC/C=C/C/C=C/CCCCCCCC. The molecule has 2 atom stereocenters. The van der Waals surface area contributed by atoms with Crippen molar-refractivity contribution >= 4 is 17.9 Å². The van der Waals surface area contributed by atoms with Crippen LogP contribution in [0.15, 0.2) is 72.9 Å². The van der Waals surface area contributed by atoms with Gasteiger partial charge in [-0.3, -0.25) is 9.59 Å². The van der Waals surface area contributed by atoms with Crippen LogP contribution >= 0.6 is 0 Å². The van der Waals surface area contributed by atoms with E-state index in [1.807, 2.05) is 27.2 Å². The lowest BCUT2D eigenvalue weighted by Gasteiger charge is -2.31. The Labute approximate surface area is 368 Å². The number of carbonyl (C=O) groups is 3. The van der Waals surface area contributed by atoms with Crippen molar-refractivity contribution in [2.24, 2.45) is 0 Å². The predicted octanol–water partition coefficient (Wildman–Crippen LogP) is 13.5. The number of hydrogen-bond acceptors (Lipinski definition) is 6. The van der Waals surface area contributed by atoms with Gasteiger partial charge in [-0.05, 0) is 70.6 Å². The fraction of sp³-hybridized carbons (Fsp3) is 0.712. The first-order valence-electron chi connectivity index (χ1n) is 24.0. The summed E-state index contributed by atoms with van der Waals surface area (Å²) in [5.41, 5.74) is 0. The van der Waals surface area contributed by atoms with Gasteiger partial charge in [0.1, 0.15) is 6.61 Å². The Kier molecular flexibility index (Phi) is 40.2. The number of carbonyl (C=O) groups excluding carboxylic acids is 2. The number of carboxylic acid groups (broad SMARTS) is 1. The molecule has 0 aliphatic carbocycles. The molecule has 0 spiro atoms. The molecular weight excluding hydrogens is 751 g/mol. The molecule has 0 saturated carbocycles. The van der Waals surface area contributed by atoms with Crippen molar-refractivity contribution in [1.82, 2.24) is 0 Å². The first-order valence-corrected chi connectivity index (χ1v) is 24.0. The van der Waals surface area contributed by atoms with E-state index >= 15 is 0 Å². The zero-order chi connectivity index (χ0) is 44.2. The highest BCUT2D eigenvalue weighted by Gasteiger charge is 2.31. The minimum absolute atomic E-state index is 0.0396. The van der Waals surface area contributed by atoms with Crippen LogP contribution in [0.2, 0.25) is 0 Å². The van der Waals surface area contributed by atoms with Crippen molar-refractivity contribution in [1.29, 1.82) is 0 Å². The van der Waals surface area contributed by atoms with Gasteiger partial charge in [-0.15, -0.1) is 0 Å². The van der Waals surface area contributed by atoms with Crippen LogP contribution in [-0.2, 0) is 28.6 Å². The second-order valence-corrected chi connectivity index (χ2v) is 17.0. The summed E-state index contributed by atoms with van der Waals surface area (Å²) in [4.78, 5) is 37.0. The molecule has 60 heavy (non-hydrogen) atoms. The molecule has 0 aromatic heterocycles. The summed E-state index contributed by atoms with van der Waals surface area (Å²) >= 11 is 0. The molecule has 0 fully saturated rings. The largest absolute Gasteiger partial charge is 0.477 e. The standard InChI is InChI=1S/C52H89NO7/c1-6-8-10-12-14-16-18-20-21-22-23-24-25-26-27-28-29-31-33-35-37-39-41-43-51(55)60-48(46-58-45-44-49(52(56)57)53(3,4)5)47-59-50(54)42-40-38-36-34-32-30-19-17-15-13-11-9-7-2/h8,10,14,16,20-21,23-24,30,32,36,38,48-49H,6-7,9,11-13,15,17-19,22,25-29,31,33-35,37,39-47H2,1-5H3/p+1/b10-8+,16-14+,21-20+,24-23+,32-30+,38-36+. The zero-order valence-electron chi connectivity index (χ0n) is 39.1. The first-order chi connectivity index (χ1) is 29.1. The van der Waals surface area contributed by atoms with E-state index in [4.69, 9.17) is 14.2 Å². The summed E-state index contributed by atoms with van der Waals surface area (Å²) in [6.45, 7) is 4.55. The number of nitrogens with zero attached hydrogens (tertiary/aromatic N) is 1. The number of quaternary nitrogens is 1. The maximum Gasteiger partial charge on any atom is 0.362 e. The number of unbranched alkanes of at least 4 members (excludes halogenated alkanes) is 16. The van der Waals surface area contributed by atoms with E-state index in [2.05, 4.69) is 80.7 Å². The van der Waals surface area contributed by atoms with Crippen LogP contribution in [0, 0.1) is 0 Å². The third-order valence-electron chi connectivity index (χ3n) is 10.4. The van der Waals surface area contributed by atoms with Crippen LogP contribution in [0.5, 0.6) is 0 Å². The highest BCUT2D eigenvalue weighted by molar-refractivity contribution is 5.72. The summed E-state index contributed by atoms with van der Waals surface area (Å²) < 4.78 is 17.2. The number of esters is 2. The Bertz CT molecular complexity index is 1210. The Balaban J connectivity index is 4.31. The predicted molar refractivity (Wildman–Crippen MR) is 252 cm³/mol. The van der Waals surface area contributed by atoms with Gasteiger partial charge in [-0.25, -0.2) is 4.79 Å². The molecule has 8 heteroatoms. The average molecular weight is 841 g/mol. The first kappa shape index (κ1) is 56.8. The number of carboxylic acids is 1. The number of allylic oxidation sites excluding steroid dienone is 12. The van der Waals surface area contributed by atoms with Gasteiger partial charge in [0.25, 0.3) is 0 Å². The molecule has 0 aromatic rings. The van der Waals surface area contributed by atoms with Crippen LogP contribution in [-0.4, -0.2) is 80.6 Å². The average Bonchev–Trinajstić information content (AvgIpc) is 3.21. The maximum absolute atomic E-state index is 12.8. The van der Waals surface area contributed by atoms with Crippen LogP contribution in [0.3, 0.4) is 0 Å². The van der Waals surface area contributed by atoms with Gasteiger partial charge in [-0.2, -0.15) is 0 Å². The summed E-state index contributed by atoms with van der Waals surface area (Å²) in [6.07, 6.45) is 53.9. The molecule has 0 rings (SSSR count). The Hall–Kier alpha value is -3.23. The second kappa shape index (κ2) is 42.5. The maximum atomic E-state index is 12.8. The summed E-state index contributed by atoms with van der Waals surface area (Å²) in [5, 5.41) is 9.63. The Morgan fingerprint density at radius 3 is 1.45 bits per heavy atom. The van der Waals surface area contributed by atoms with E-state index in [0.717, 1.165) is 57.8 Å². The fourth-order valence-corrected chi connectivity index (χ4v) is 6.66. The molecule has 0 bridgehead atoms. The Morgan fingerprint density at radius 2 is 0.967 bits per heavy atom. The normalized spacial score (nSPS) is 13.6. The van der Waals surface area contributed by atoms with Crippen molar-refractivity contribution in [3.63, 3.8) is 0 Å². The molecule has 8 nitrogen and oxygen atoms in total. The quantitative estimate of drug-likeness (QED) is 0.0283. The summed E-state index contributed by atoms with van der Waals surface area (Å²) in [6, 6.07) is -0.625. The van der Waals surface area contributed by atoms with E-state index in [1.165, 1.54) is 89.9 Å². The molecule has 344 valence electrons. The molecule has 0 aliphatic rings. The second-order valence-electron chi connectivity index (χ2n) is 17.0. The lowest BCUT2D eigenvalue weighted by Crippen LogP contribution is -2.50. The third kappa shape index (κ3) is 40.2. The molecule has 0 radical (unpaired) electrons. The van der Waals surface area contributed by atoms with Crippen molar-refractivity contribution < 1.29 is 38.2 Å². The molecule has 2 unspecified atom stereocenters. The van der Waals surface area contributed by atoms with Crippen LogP contribution < -0.4 is 0 Å². The third-order valence-corrected chi connectivity index (χ3v) is 10.4. The van der Waals surface area contributed by atoms with E-state index in [1.54, 1.807) is 0 Å². The summed E-state index contributed by atoms with van der Waals surface area (Å²) in [7, 11) is 5.51. The summed E-state index contributed by atoms with van der Waals surface area (Å²) in [5.74, 6) is -1.56. The van der Waals surface area contributed by atoms with Crippen LogP contribution in [0.25, 0.3) is 0 Å². The zero-order valence-corrected chi connectivity index (χ0v) is 39.1. The van der Waals surface area contributed by atoms with E-state index < -0.39 is 18.1 Å².